The third-order valence-corrected chi connectivity index (χ3v) is 13.3. The second-order valence-corrected chi connectivity index (χ2v) is 18.7. The number of nitrogens with zero attached hydrogens (tertiary/aromatic N) is 8. The number of rotatable bonds is 16. The molecular formula is C50H53N15O10. The second-order valence-electron chi connectivity index (χ2n) is 18.7. The van der Waals surface area contributed by atoms with Gasteiger partial charge in [-0.1, -0.05) is 0 Å². The summed E-state index contributed by atoms with van der Waals surface area (Å²) in [6.07, 6.45) is 13.3. The number of methoxy groups -OCH3 is 1. The molecule has 1 saturated carbocycles. The zero-order valence-corrected chi connectivity index (χ0v) is 42.1. The van der Waals surface area contributed by atoms with Gasteiger partial charge in [-0.05, 0) is 50.0 Å². The number of ketones is 1. The van der Waals surface area contributed by atoms with Crippen molar-refractivity contribution in [2.45, 2.75) is 38.5 Å². The summed E-state index contributed by atoms with van der Waals surface area (Å²) in [5.41, 5.74) is 3.93. The first-order chi connectivity index (χ1) is 35.6. The molecule has 75 heavy (non-hydrogen) atoms. The number of aromatic amines is 1. The smallest absolute Gasteiger partial charge is 0.340 e. The lowest BCUT2D eigenvalue weighted by Gasteiger charge is -2.27. The molecule has 7 N–H and O–H groups in total. The number of aromatic nitrogens is 8. The van der Waals surface area contributed by atoms with Gasteiger partial charge >= 0.3 is 5.97 Å². The SMILES string of the molecule is COC(=O)c1c(C)[nH]c2c1[C@@]13C[C@@H]1CN(C(=O)/C=C\c1cc(NC(=O)c4nc(NC(=O)CCCNC(=O)c5cc(NC(=O)c6cc(NC(=O)c7nc(NC(C)=O)cn7C)cn6C)cn5C)cn4C)cn1C)C3=CC2=O. The molecule has 0 bridgehead atoms. The van der Waals surface area contributed by atoms with Gasteiger partial charge in [0.05, 0.1) is 35.4 Å². The van der Waals surface area contributed by atoms with Crippen molar-refractivity contribution in [2.24, 2.45) is 41.2 Å². The second kappa shape index (κ2) is 19.5. The lowest BCUT2D eigenvalue weighted by atomic mass is 9.82. The molecule has 25 nitrogen and oxygen atoms in total. The van der Waals surface area contributed by atoms with E-state index in [0.717, 1.165) is 0 Å². The van der Waals surface area contributed by atoms with Gasteiger partial charge in [0.25, 0.3) is 29.5 Å². The number of hydrogen-bond donors (Lipinski definition) is 7. The van der Waals surface area contributed by atoms with Gasteiger partial charge in [-0.3, -0.25) is 38.4 Å². The predicted octanol–water partition coefficient (Wildman–Crippen LogP) is 3.35. The minimum Gasteiger partial charge on any atom is -0.465 e. The van der Waals surface area contributed by atoms with Gasteiger partial charge in [-0.25, -0.2) is 14.8 Å². The average Bonchev–Trinajstić information content (AvgIpc) is 4.22. The molecule has 6 aromatic heterocycles. The first-order valence-corrected chi connectivity index (χ1v) is 23.6. The highest BCUT2D eigenvalue weighted by atomic mass is 16.5. The Morgan fingerprint density at radius 2 is 1.32 bits per heavy atom. The minimum absolute atomic E-state index is 0.0123. The van der Waals surface area contributed by atoms with Crippen LogP contribution < -0.4 is 31.9 Å². The van der Waals surface area contributed by atoms with Gasteiger partial charge < -0.3 is 69.4 Å². The first kappa shape index (κ1) is 50.4. The van der Waals surface area contributed by atoms with Crippen LogP contribution in [0.15, 0.2) is 67.0 Å². The van der Waals surface area contributed by atoms with Crippen molar-refractivity contribution >= 4 is 87.9 Å². The van der Waals surface area contributed by atoms with Crippen molar-refractivity contribution < 1.29 is 47.9 Å². The van der Waals surface area contributed by atoms with E-state index >= 15 is 0 Å². The van der Waals surface area contributed by atoms with Crippen LogP contribution in [0.2, 0.25) is 0 Å². The molecule has 0 unspecified atom stereocenters. The number of aryl methyl sites for hydroxylation is 6. The topological polar surface area (TPSA) is 305 Å². The van der Waals surface area contributed by atoms with Gasteiger partial charge in [0, 0.05) is 133 Å². The third kappa shape index (κ3) is 9.64. The molecule has 1 spiro atoms. The molecule has 1 aliphatic heterocycles. The summed E-state index contributed by atoms with van der Waals surface area (Å²) >= 11 is 0. The normalized spacial score (nSPS) is 16.2. The number of amides is 7. The highest BCUT2D eigenvalue weighted by molar-refractivity contribution is 6.12. The summed E-state index contributed by atoms with van der Waals surface area (Å²) in [5.74, 6) is -3.52. The average molecular weight is 1020 g/mol. The molecule has 7 heterocycles. The van der Waals surface area contributed by atoms with Gasteiger partial charge in [-0.2, -0.15) is 0 Å². The van der Waals surface area contributed by atoms with E-state index in [1.807, 2.05) is 0 Å². The van der Waals surface area contributed by atoms with E-state index in [1.54, 1.807) is 82.4 Å². The number of esters is 1. The number of likely N-dealkylation sites (tertiary alicyclic amines) is 1. The van der Waals surface area contributed by atoms with Crippen molar-refractivity contribution in [3.63, 3.8) is 0 Å². The number of anilines is 5. The number of carbonyl (C=O) groups is 9. The Balaban J connectivity index is 0.724. The molecule has 0 radical (unpaired) electrons. The molecule has 388 valence electrons. The van der Waals surface area contributed by atoms with Crippen LogP contribution >= 0.6 is 0 Å². The minimum atomic E-state index is -0.617. The lowest BCUT2D eigenvalue weighted by Crippen LogP contribution is -2.33. The van der Waals surface area contributed by atoms with E-state index in [-0.39, 0.29) is 77.6 Å². The van der Waals surface area contributed by atoms with Crippen LogP contribution in [0.1, 0.15) is 106 Å². The largest absolute Gasteiger partial charge is 0.465 e. The Labute approximate surface area is 427 Å². The monoisotopic (exact) mass is 1020 g/mol. The van der Waals surface area contributed by atoms with E-state index in [4.69, 9.17) is 4.74 Å². The quantitative estimate of drug-likeness (QED) is 0.0417. The predicted molar refractivity (Wildman–Crippen MR) is 271 cm³/mol. The number of allylic oxidation sites excluding steroid dienone is 2. The van der Waals surface area contributed by atoms with E-state index in [0.29, 0.717) is 63.9 Å². The van der Waals surface area contributed by atoms with Crippen molar-refractivity contribution in [3.8, 4) is 0 Å². The molecule has 2 fully saturated rings. The van der Waals surface area contributed by atoms with Crippen molar-refractivity contribution in [3.05, 3.63) is 118 Å². The number of imidazole rings is 2. The number of nitrogens with one attached hydrogen (secondary N) is 7. The van der Waals surface area contributed by atoms with Gasteiger partial charge in [-0.15, -0.1) is 0 Å². The van der Waals surface area contributed by atoms with Crippen molar-refractivity contribution in [1.82, 2.24) is 48.0 Å². The zero-order valence-electron chi connectivity index (χ0n) is 42.1. The highest BCUT2D eigenvalue weighted by Crippen LogP contribution is 2.67. The van der Waals surface area contributed by atoms with Crippen LogP contribution in [-0.2, 0) is 59.8 Å². The van der Waals surface area contributed by atoms with E-state index in [1.165, 1.54) is 69.0 Å². The highest BCUT2D eigenvalue weighted by Gasteiger charge is 2.68. The number of fused-ring (bicyclic) bond motifs is 1. The van der Waals surface area contributed by atoms with E-state index in [2.05, 4.69) is 46.9 Å². The Bertz CT molecular complexity index is 3500. The summed E-state index contributed by atoms with van der Waals surface area (Å²) in [4.78, 5) is 130. The Kier molecular flexibility index (Phi) is 13.1. The third-order valence-electron chi connectivity index (χ3n) is 13.3. The maximum absolute atomic E-state index is 13.7. The fraction of sp³-hybridized carbons (Fsp3) is 0.300. The molecule has 2 aliphatic carbocycles. The molecule has 2 atom stereocenters. The first-order valence-electron chi connectivity index (χ1n) is 23.6. The molecule has 1 saturated heterocycles. The molecule has 0 aromatic carbocycles. The fourth-order valence-electron chi connectivity index (χ4n) is 9.83. The number of ether oxygens (including phenoxy) is 1. The number of piperidine rings is 1. The number of hydrogen-bond acceptors (Lipinski definition) is 12. The van der Waals surface area contributed by atoms with Crippen LogP contribution in [0.4, 0.5) is 28.7 Å². The Morgan fingerprint density at radius 3 is 1.93 bits per heavy atom. The molecule has 25 heteroatoms. The molecule has 9 rings (SSSR count). The molecule has 3 aliphatic rings. The number of H-pyrrole nitrogens is 1. The summed E-state index contributed by atoms with van der Waals surface area (Å²) in [5, 5.41) is 16.2. The van der Waals surface area contributed by atoms with Gasteiger partial charge in [0.15, 0.2) is 11.6 Å². The maximum Gasteiger partial charge on any atom is 0.340 e. The van der Waals surface area contributed by atoms with Crippen LogP contribution in [0.3, 0.4) is 0 Å². The van der Waals surface area contributed by atoms with Crippen molar-refractivity contribution in [2.75, 3.05) is 46.8 Å². The van der Waals surface area contributed by atoms with Gasteiger partial charge in [0.2, 0.25) is 29.2 Å². The van der Waals surface area contributed by atoms with Gasteiger partial charge in [0.1, 0.15) is 11.4 Å². The summed E-state index contributed by atoms with van der Waals surface area (Å²) in [6, 6.07) is 4.66. The van der Waals surface area contributed by atoms with Crippen LogP contribution in [0, 0.1) is 12.8 Å². The molecular weight excluding hydrogens is 971 g/mol. The Morgan fingerprint density at radius 1 is 0.747 bits per heavy atom. The maximum atomic E-state index is 13.7. The van der Waals surface area contributed by atoms with Crippen LogP contribution in [0.25, 0.3) is 6.08 Å². The summed E-state index contributed by atoms with van der Waals surface area (Å²) < 4.78 is 12.7. The lowest BCUT2D eigenvalue weighted by molar-refractivity contribution is -0.124. The van der Waals surface area contributed by atoms with Crippen LogP contribution in [-0.4, -0.2) is 116 Å². The zero-order chi connectivity index (χ0) is 53.8. The van der Waals surface area contributed by atoms with Crippen molar-refractivity contribution in [1.29, 1.82) is 0 Å². The molecule has 7 amide bonds. The van der Waals surface area contributed by atoms with E-state index < -0.39 is 40.9 Å². The fourth-order valence-corrected chi connectivity index (χ4v) is 9.83. The van der Waals surface area contributed by atoms with Crippen LogP contribution in [0.5, 0.6) is 0 Å². The molecule has 6 aromatic rings. The standard InChI is InChI=1S/C50H53N15O10/c1-25-40(49(74)75-8)41-42(52-25)34(67)17-35-50(41)18-27(50)19-65(35)39(69)12-11-31-14-28(20-60(31)3)55-47(72)44-59-37(24-64(44)7)57-38(68)10-9-13-51-45(70)32-15-29(21-61(32)4)54-46(71)33-16-30(22-62(33)5)56-48(73)43-58-36(23-63(43)6)53-26(2)66/h11-12,14-17,20-24,27,52H,9-10,13,18-19H2,1-8H3,(H,51,70)(H,53,66)(H,54,71)(H,55,72)(H,56,73)(H,57,68)/b12-11-/t27-,50+/m1/s1. The summed E-state index contributed by atoms with van der Waals surface area (Å²) in [7, 11) is 9.52. The number of carbonyl (C=O) groups excluding carboxylic acids is 9. The Hall–Kier alpha value is -9.55. The summed E-state index contributed by atoms with van der Waals surface area (Å²) in [6.45, 7) is 3.58. The van der Waals surface area contributed by atoms with E-state index in [9.17, 15) is 43.2 Å².